The summed E-state index contributed by atoms with van der Waals surface area (Å²) >= 11 is 0. The molecule has 1 saturated carbocycles. The minimum atomic E-state index is 0.229. The lowest BCUT2D eigenvalue weighted by molar-refractivity contribution is 0.267. The Bertz CT molecular complexity index is 617. The number of nitrogens with two attached hydrogens (primary N) is 1. The summed E-state index contributed by atoms with van der Waals surface area (Å²) in [5.74, 6) is 1.15. The summed E-state index contributed by atoms with van der Waals surface area (Å²) in [6, 6.07) is 4.09. The summed E-state index contributed by atoms with van der Waals surface area (Å²) in [6.07, 6.45) is 3.56. The van der Waals surface area contributed by atoms with Crippen molar-refractivity contribution in [2.24, 2.45) is 5.41 Å². The van der Waals surface area contributed by atoms with Crippen molar-refractivity contribution in [1.29, 1.82) is 0 Å². The molecule has 0 aliphatic heterocycles. The van der Waals surface area contributed by atoms with Gasteiger partial charge in [0, 0.05) is 12.1 Å². The first kappa shape index (κ1) is 12.3. The number of hydrogen-bond donors (Lipinski definition) is 1. The Morgan fingerprint density at radius 2 is 2.16 bits per heavy atom. The zero-order valence-corrected chi connectivity index (χ0v) is 11.7. The first-order chi connectivity index (χ1) is 9.03. The summed E-state index contributed by atoms with van der Waals surface area (Å²) < 4.78 is 7.30. The molecule has 0 bridgehead atoms. The Kier molecular flexibility index (Phi) is 2.66. The standard InChI is InChI=1S/C14H20N4O/c1-14(2)8-4-5-10(14)18-12-9(16-13(18)15)6-7-11(17-12)19-3/h6-7,10H,4-5,8H2,1-3H3,(H2,15,16). The summed E-state index contributed by atoms with van der Waals surface area (Å²) in [4.78, 5) is 8.94. The van der Waals surface area contributed by atoms with Gasteiger partial charge in [-0.05, 0) is 24.3 Å². The van der Waals surface area contributed by atoms with Gasteiger partial charge in [0.05, 0.1) is 7.11 Å². The van der Waals surface area contributed by atoms with E-state index in [9.17, 15) is 0 Å². The van der Waals surface area contributed by atoms with E-state index in [4.69, 9.17) is 10.5 Å². The fraction of sp³-hybridized carbons (Fsp3) is 0.571. The van der Waals surface area contributed by atoms with Gasteiger partial charge in [0.1, 0.15) is 5.52 Å². The monoisotopic (exact) mass is 260 g/mol. The molecule has 0 radical (unpaired) electrons. The number of nitrogen functional groups attached to an aromatic ring is 1. The number of nitrogens with zero attached hydrogens (tertiary/aromatic N) is 3. The lowest BCUT2D eigenvalue weighted by Gasteiger charge is -2.28. The molecule has 0 aromatic carbocycles. The minimum absolute atomic E-state index is 0.229. The first-order valence-electron chi connectivity index (χ1n) is 6.71. The highest BCUT2D eigenvalue weighted by molar-refractivity contribution is 5.75. The Balaban J connectivity index is 2.19. The minimum Gasteiger partial charge on any atom is -0.481 e. The molecule has 1 aliphatic rings. The number of rotatable bonds is 2. The van der Waals surface area contributed by atoms with Crippen LogP contribution in [0.2, 0.25) is 0 Å². The summed E-state index contributed by atoms with van der Waals surface area (Å²) in [7, 11) is 1.62. The predicted octanol–water partition coefficient (Wildman–Crippen LogP) is 2.77. The molecule has 5 nitrogen and oxygen atoms in total. The van der Waals surface area contributed by atoms with E-state index in [1.54, 1.807) is 7.11 Å². The van der Waals surface area contributed by atoms with Crippen LogP contribution in [0.5, 0.6) is 5.88 Å². The van der Waals surface area contributed by atoms with Gasteiger partial charge in [0.15, 0.2) is 5.65 Å². The summed E-state index contributed by atoms with van der Waals surface area (Å²) in [5.41, 5.74) is 8.01. The number of methoxy groups -OCH3 is 1. The number of fused-ring (bicyclic) bond motifs is 1. The molecule has 2 heterocycles. The zero-order chi connectivity index (χ0) is 13.6. The van der Waals surface area contributed by atoms with Crippen LogP contribution in [0, 0.1) is 5.41 Å². The van der Waals surface area contributed by atoms with E-state index in [-0.39, 0.29) is 5.41 Å². The van der Waals surface area contributed by atoms with Gasteiger partial charge in [0.25, 0.3) is 0 Å². The molecule has 1 aliphatic carbocycles. The molecule has 2 N–H and O–H groups in total. The predicted molar refractivity (Wildman–Crippen MR) is 75.2 cm³/mol. The number of pyridine rings is 1. The van der Waals surface area contributed by atoms with E-state index < -0.39 is 0 Å². The molecule has 2 aromatic heterocycles. The van der Waals surface area contributed by atoms with Crippen molar-refractivity contribution in [3.8, 4) is 5.88 Å². The molecule has 2 aromatic rings. The highest BCUT2D eigenvalue weighted by Gasteiger charge is 2.37. The fourth-order valence-electron chi connectivity index (χ4n) is 3.18. The molecule has 3 rings (SSSR count). The van der Waals surface area contributed by atoms with Crippen LogP contribution >= 0.6 is 0 Å². The van der Waals surface area contributed by atoms with Gasteiger partial charge in [0.2, 0.25) is 11.8 Å². The molecule has 19 heavy (non-hydrogen) atoms. The van der Waals surface area contributed by atoms with Crippen molar-refractivity contribution >= 4 is 17.1 Å². The topological polar surface area (TPSA) is 66.0 Å². The van der Waals surface area contributed by atoms with Gasteiger partial charge in [-0.2, -0.15) is 4.98 Å². The SMILES string of the molecule is COc1ccc2nc(N)n(C3CCCC3(C)C)c2n1. The number of aromatic nitrogens is 3. The van der Waals surface area contributed by atoms with Crippen LogP contribution in [0.15, 0.2) is 12.1 Å². The Morgan fingerprint density at radius 1 is 1.37 bits per heavy atom. The van der Waals surface area contributed by atoms with Crippen molar-refractivity contribution in [2.45, 2.75) is 39.2 Å². The van der Waals surface area contributed by atoms with E-state index in [0.29, 0.717) is 17.9 Å². The zero-order valence-electron chi connectivity index (χ0n) is 11.7. The lowest BCUT2D eigenvalue weighted by Crippen LogP contribution is -2.23. The van der Waals surface area contributed by atoms with Gasteiger partial charge in [-0.25, -0.2) is 4.98 Å². The summed E-state index contributed by atoms with van der Waals surface area (Å²) in [6.45, 7) is 4.58. The molecule has 1 fully saturated rings. The third kappa shape index (κ3) is 1.84. The molecule has 0 saturated heterocycles. The van der Waals surface area contributed by atoms with Gasteiger partial charge in [-0.15, -0.1) is 0 Å². The van der Waals surface area contributed by atoms with Crippen LogP contribution < -0.4 is 10.5 Å². The van der Waals surface area contributed by atoms with Gasteiger partial charge in [-0.1, -0.05) is 20.3 Å². The Morgan fingerprint density at radius 3 is 2.79 bits per heavy atom. The number of ether oxygens (including phenoxy) is 1. The molecular formula is C14H20N4O. The quantitative estimate of drug-likeness (QED) is 0.901. The fourth-order valence-corrected chi connectivity index (χ4v) is 3.18. The van der Waals surface area contributed by atoms with Crippen molar-refractivity contribution < 1.29 is 4.74 Å². The second kappa shape index (κ2) is 4.11. The molecule has 1 atom stereocenters. The van der Waals surface area contributed by atoms with Crippen LogP contribution in [0.3, 0.4) is 0 Å². The summed E-state index contributed by atoms with van der Waals surface area (Å²) in [5, 5.41) is 0. The average Bonchev–Trinajstić information content (AvgIpc) is 2.86. The Hall–Kier alpha value is -1.78. The van der Waals surface area contributed by atoms with Crippen LogP contribution in [0.1, 0.15) is 39.2 Å². The average molecular weight is 260 g/mol. The van der Waals surface area contributed by atoms with Crippen molar-refractivity contribution in [3.05, 3.63) is 12.1 Å². The second-order valence-corrected chi connectivity index (χ2v) is 5.93. The maximum absolute atomic E-state index is 6.12. The molecule has 0 amide bonds. The van der Waals surface area contributed by atoms with Crippen molar-refractivity contribution in [2.75, 3.05) is 12.8 Å². The highest BCUT2D eigenvalue weighted by atomic mass is 16.5. The van der Waals surface area contributed by atoms with E-state index in [0.717, 1.165) is 17.6 Å². The van der Waals surface area contributed by atoms with E-state index in [2.05, 4.69) is 28.4 Å². The second-order valence-electron chi connectivity index (χ2n) is 5.93. The van der Waals surface area contributed by atoms with Crippen LogP contribution in [-0.2, 0) is 0 Å². The number of anilines is 1. The third-order valence-electron chi connectivity index (χ3n) is 4.26. The molecule has 0 spiro atoms. The smallest absolute Gasteiger partial charge is 0.215 e. The third-order valence-corrected chi connectivity index (χ3v) is 4.26. The molecular weight excluding hydrogens is 240 g/mol. The van der Waals surface area contributed by atoms with E-state index in [1.165, 1.54) is 12.8 Å². The Labute approximate surface area is 112 Å². The van der Waals surface area contributed by atoms with Gasteiger partial charge >= 0.3 is 0 Å². The maximum atomic E-state index is 6.12. The molecule has 102 valence electrons. The van der Waals surface area contributed by atoms with Gasteiger partial charge < -0.3 is 10.5 Å². The largest absolute Gasteiger partial charge is 0.481 e. The van der Waals surface area contributed by atoms with Crippen LogP contribution in [0.25, 0.3) is 11.2 Å². The van der Waals surface area contributed by atoms with E-state index >= 15 is 0 Å². The molecule has 1 unspecified atom stereocenters. The number of imidazole rings is 1. The molecule has 5 heteroatoms. The maximum Gasteiger partial charge on any atom is 0.215 e. The van der Waals surface area contributed by atoms with Gasteiger partial charge in [-0.3, -0.25) is 4.57 Å². The van der Waals surface area contributed by atoms with Crippen molar-refractivity contribution in [3.63, 3.8) is 0 Å². The first-order valence-corrected chi connectivity index (χ1v) is 6.71. The van der Waals surface area contributed by atoms with Crippen LogP contribution in [-0.4, -0.2) is 21.6 Å². The lowest BCUT2D eigenvalue weighted by atomic mass is 9.87. The van der Waals surface area contributed by atoms with E-state index in [1.807, 2.05) is 12.1 Å². The normalized spacial score (nSPS) is 21.9. The number of hydrogen-bond acceptors (Lipinski definition) is 4. The van der Waals surface area contributed by atoms with Crippen molar-refractivity contribution in [1.82, 2.24) is 14.5 Å². The highest BCUT2D eigenvalue weighted by Crippen LogP contribution is 2.47. The van der Waals surface area contributed by atoms with Crippen LogP contribution in [0.4, 0.5) is 5.95 Å².